The van der Waals surface area contributed by atoms with Gasteiger partial charge in [-0.1, -0.05) is 0 Å². The second-order valence-electron chi connectivity index (χ2n) is 5.04. The summed E-state index contributed by atoms with van der Waals surface area (Å²) in [4.78, 5) is 20.3. The fourth-order valence-corrected chi connectivity index (χ4v) is 3.14. The Morgan fingerprint density at radius 2 is 2.05 bits per heavy atom. The summed E-state index contributed by atoms with van der Waals surface area (Å²) >= 11 is 0. The Bertz CT molecular complexity index is 683. The smallest absolute Gasteiger partial charge is 0.312 e. The number of carbonyl (C=O) groups is 1. The number of nitro benzene ring substituents is 1. The van der Waals surface area contributed by atoms with Crippen molar-refractivity contribution in [3.05, 3.63) is 28.3 Å². The average Bonchev–Trinajstić information content (AvgIpc) is 2.24. The van der Waals surface area contributed by atoms with Gasteiger partial charge in [-0.15, -0.1) is 0 Å². The van der Waals surface area contributed by atoms with Gasteiger partial charge in [0.2, 0.25) is 15.9 Å². The molecule has 1 amide bonds. The molecule has 0 spiro atoms. The third-order valence-corrected chi connectivity index (χ3v) is 4.18. The molecular formula is C11H15N3O6S. The number of phenols is 1. The number of hydrogen-bond acceptors (Lipinski definition) is 6. The summed E-state index contributed by atoms with van der Waals surface area (Å²) in [5.41, 5.74) is 3.14. The van der Waals surface area contributed by atoms with Gasteiger partial charge in [-0.2, -0.15) is 0 Å². The number of primary amides is 1. The number of nitro groups is 1. The molecule has 0 aliphatic heterocycles. The molecule has 0 aromatic heterocycles. The molecule has 0 saturated carbocycles. The highest BCUT2D eigenvalue weighted by atomic mass is 32.2. The molecule has 4 N–H and O–H groups in total. The van der Waals surface area contributed by atoms with Crippen LogP contribution in [0.25, 0.3) is 0 Å². The Kier molecular flexibility index (Phi) is 4.54. The van der Waals surface area contributed by atoms with Crippen LogP contribution in [0.2, 0.25) is 0 Å². The molecule has 1 rings (SSSR count). The van der Waals surface area contributed by atoms with Crippen molar-refractivity contribution in [2.24, 2.45) is 5.73 Å². The molecule has 0 unspecified atom stereocenters. The monoisotopic (exact) mass is 317 g/mol. The van der Waals surface area contributed by atoms with Crippen LogP contribution in [0.15, 0.2) is 23.1 Å². The molecule has 0 saturated heterocycles. The number of nitrogens with one attached hydrogen (secondary N) is 1. The lowest BCUT2D eigenvalue weighted by molar-refractivity contribution is -0.386. The van der Waals surface area contributed by atoms with Crippen molar-refractivity contribution in [1.82, 2.24) is 4.72 Å². The molecule has 0 bridgehead atoms. The molecule has 116 valence electrons. The number of carbonyl (C=O) groups excluding carboxylic acids is 1. The van der Waals surface area contributed by atoms with Crippen LogP contribution in [0.4, 0.5) is 5.69 Å². The number of benzene rings is 1. The van der Waals surface area contributed by atoms with Crippen molar-refractivity contribution in [3.8, 4) is 5.75 Å². The van der Waals surface area contributed by atoms with Gasteiger partial charge in [0, 0.05) is 18.0 Å². The zero-order chi connectivity index (χ0) is 16.4. The molecule has 0 aliphatic rings. The zero-order valence-electron chi connectivity index (χ0n) is 11.4. The Labute approximate surface area is 121 Å². The minimum Gasteiger partial charge on any atom is -0.502 e. The molecule has 21 heavy (non-hydrogen) atoms. The van der Waals surface area contributed by atoms with E-state index in [1.807, 2.05) is 0 Å². The third-order valence-electron chi connectivity index (χ3n) is 2.48. The maximum atomic E-state index is 12.1. The predicted octanol–water partition coefficient (Wildman–Crippen LogP) is 0.233. The van der Waals surface area contributed by atoms with Gasteiger partial charge in [0.05, 0.1) is 9.82 Å². The Morgan fingerprint density at radius 3 is 2.52 bits per heavy atom. The molecular weight excluding hydrogens is 302 g/mol. The number of phenolic OH excluding ortho intramolecular Hbond substituents is 1. The van der Waals surface area contributed by atoms with Crippen LogP contribution >= 0.6 is 0 Å². The molecule has 0 aliphatic carbocycles. The highest BCUT2D eigenvalue weighted by Gasteiger charge is 2.29. The van der Waals surface area contributed by atoms with Crippen molar-refractivity contribution >= 4 is 21.6 Å². The highest BCUT2D eigenvalue weighted by molar-refractivity contribution is 7.89. The van der Waals surface area contributed by atoms with Crippen molar-refractivity contribution in [1.29, 1.82) is 0 Å². The van der Waals surface area contributed by atoms with Crippen LogP contribution in [0.3, 0.4) is 0 Å². The minimum absolute atomic E-state index is 0.244. The second-order valence-corrected chi connectivity index (χ2v) is 6.72. The van der Waals surface area contributed by atoms with Crippen LogP contribution in [0.1, 0.15) is 20.3 Å². The highest BCUT2D eigenvalue weighted by Crippen LogP contribution is 2.28. The third kappa shape index (κ3) is 4.39. The molecule has 1 aromatic rings. The van der Waals surface area contributed by atoms with Crippen LogP contribution in [0.5, 0.6) is 5.75 Å². The summed E-state index contributed by atoms with van der Waals surface area (Å²) in [6.07, 6.45) is -0.244. The van der Waals surface area contributed by atoms with E-state index in [0.29, 0.717) is 0 Å². The molecule has 0 radical (unpaired) electrons. The summed E-state index contributed by atoms with van der Waals surface area (Å²) in [6, 6.07) is 2.66. The van der Waals surface area contributed by atoms with E-state index >= 15 is 0 Å². The van der Waals surface area contributed by atoms with Crippen molar-refractivity contribution in [2.75, 3.05) is 0 Å². The average molecular weight is 317 g/mol. The normalized spacial score (nSPS) is 12.1. The van der Waals surface area contributed by atoms with E-state index < -0.39 is 42.7 Å². The van der Waals surface area contributed by atoms with Crippen LogP contribution < -0.4 is 10.5 Å². The number of nitrogens with two attached hydrogens (primary N) is 1. The maximum Gasteiger partial charge on any atom is 0.312 e. The van der Waals surface area contributed by atoms with Crippen molar-refractivity contribution < 1.29 is 23.2 Å². The van der Waals surface area contributed by atoms with E-state index in [1.165, 1.54) is 13.8 Å². The molecule has 9 nitrogen and oxygen atoms in total. The van der Waals surface area contributed by atoms with E-state index in [2.05, 4.69) is 4.72 Å². The topological polar surface area (TPSA) is 153 Å². The summed E-state index contributed by atoms with van der Waals surface area (Å²) < 4.78 is 26.5. The lowest BCUT2D eigenvalue weighted by atomic mass is 10.0. The lowest BCUT2D eigenvalue weighted by Gasteiger charge is -2.24. The van der Waals surface area contributed by atoms with Crippen molar-refractivity contribution in [2.45, 2.75) is 30.7 Å². The summed E-state index contributed by atoms with van der Waals surface area (Å²) in [5, 5.41) is 20.0. The van der Waals surface area contributed by atoms with Gasteiger partial charge in [-0.3, -0.25) is 14.9 Å². The number of rotatable bonds is 6. The van der Waals surface area contributed by atoms with Gasteiger partial charge in [0.25, 0.3) is 0 Å². The Morgan fingerprint density at radius 1 is 1.48 bits per heavy atom. The summed E-state index contributed by atoms with van der Waals surface area (Å²) in [6.45, 7) is 2.90. The fraction of sp³-hybridized carbons (Fsp3) is 0.364. The first-order valence-electron chi connectivity index (χ1n) is 5.74. The fourth-order valence-electron chi connectivity index (χ4n) is 1.71. The number of nitrogens with zero attached hydrogens (tertiary/aromatic N) is 1. The zero-order valence-corrected chi connectivity index (χ0v) is 12.2. The SMILES string of the molecule is CC(C)(CC(N)=O)NS(=O)(=O)c1ccc(O)c([N+](=O)[O-])c1. The van der Waals surface area contributed by atoms with E-state index in [1.54, 1.807) is 0 Å². The van der Waals surface area contributed by atoms with Gasteiger partial charge in [0.15, 0.2) is 5.75 Å². The number of sulfonamides is 1. The first-order valence-corrected chi connectivity index (χ1v) is 7.23. The second kappa shape index (κ2) is 5.66. The lowest BCUT2D eigenvalue weighted by Crippen LogP contribution is -2.45. The number of amides is 1. The molecule has 0 fully saturated rings. The largest absolute Gasteiger partial charge is 0.502 e. The molecule has 1 aromatic carbocycles. The van der Waals surface area contributed by atoms with Crippen LogP contribution in [-0.2, 0) is 14.8 Å². The maximum absolute atomic E-state index is 12.1. The van der Waals surface area contributed by atoms with E-state index in [4.69, 9.17) is 5.73 Å². The van der Waals surface area contributed by atoms with Gasteiger partial charge in [-0.25, -0.2) is 13.1 Å². The van der Waals surface area contributed by atoms with Crippen LogP contribution in [0, 0.1) is 10.1 Å². The quantitative estimate of drug-likeness (QED) is 0.504. The van der Waals surface area contributed by atoms with E-state index in [0.717, 1.165) is 18.2 Å². The van der Waals surface area contributed by atoms with Gasteiger partial charge in [-0.05, 0) is 26.0 Å². The van der Waals surface area contributed by atoms with Gasteiger partial charge in [0.1, 0.15) is 0 Å². The Hall–Kier alpha value is -2.20. The number of hydrogen-bond donors (Lipinski definition) is 3. The van der Waals surface area contributed by atoms with Gasteiger partial charge >= 0.3 is 5.69 Å². The number of aromatic hydroxyl groups is 1. The van der Waals surface area contributed by atoms with Crippen LogP contribution in [-0.4, -0.2) is 29.9 Å². The molecule has 0 atom stereocenters. The van der Waals surface area contributed by atoms with Crippen molar-refractivity contribution in [3.63, 3.8) is 0 Å². The summed E-state index contributed by atoms with van der Waals surface area (Å²) in [5.74, 6) is -1.34. The Balaban J connectivity index is 3.17. The summed E-state index contributed by atoms with van der Waals surface area (Å²) in [7, 11) is -4.11. The minimum atomic E-state index is -4.11. The predicted molar refractivity (Wildman–Crippen MR) is 73.0 cm³/mol. The van der Waals surface area contributed by atoms with E-state index in [-0.39, 0.29) is 6.42 Å². The molecule has 10 heteroatoms. The molecule has 0 heterocycles. The standard InChI is InChI=1S/C11H15N3O6S/c1-11(2,6-10(12)16)13-21(19,20)7-3-4-9(15)8(5-7)14(17)18/h3-5,13,15H,6H2,1-2H3,(H2,12,16). The van der Waals surface area contributed by atoms with E-state index in [9.17, 15) is 28.4 Å². The first-order chi connectivity index (χ1) is 9.44. The first kappa shape index (κ1) is 16.9. The van der Waals surface area contributed by atoms with Gasteiger partial charge < -0.3 is 10.8 Å².